The van der Waals surface area contributed by atoms with Gasteiger partial charge in [0.15, 0.2) is 0 Å². The molecular weight excluding hydrogens is 458 g/mol. The SMILES string of the molecule is O=C(CN1C(=O)N[C@@]2(CCCc3sccc32)C1=O)N[C@H](c1ccccc1)c1ccc(Cl)cc1. The average molecular weight is 480 g/mol. The van der Waals surface area contributed by atoms with Crippen LogP contribution in [0.2, 0.25) is 5.02 Å². The Morgan fingerprint density at radius 1 is 1.09 bits per heavy atom. The fourth-order valence-electron chi connectivity index (χ4n) is 4.70. The molecule has 1 fully saturated rings. The minimum atomic E-state index is -1.06. The van der Waals surface area contributed by atoms with Crippen molar-refractivity contribution in [2.75, 3.05) is 6.54 Å². The molecule has 5 rings (SSSR count). The highest BCUT2D eigenvalue weighted by Gasteiger charge is 2.54. The number of hydrogen-bond donors (Lipinski definition) is 2. The Balaban J connectivity index is 1.37. The standard InChI is InChI=1S/C25H22ClN3O3S/c26-18-10-8-17(9-11-18)22(16-5-2-1-3-6-16)27-21(30)15-29-23(31)25(28-24(29)32)13-4-7-20-19(25)12-14-33-20/h1-3,5-6,8-12,14,22H,4,7,13,15H2,(H,27,30)(H,28,32)/t22-,25-/m1/s1. The molecule has 33 heavy (non-hydrogen) atoms. The Kier molecular flexibility index (Phi) is 5.68. The van der Waals surface area contributed by atoms with Gasteiger partial charge in [-0.3, -0.25) is 14.5 Å². The molecule has 1 aliphatic carbocycles. The number of aryl methyl sites for hydroxylation is 1. The second-order valence-electron chi connectivity index (χ2n) is 8.30. The third-order valence-corrected chi connectivity index (χ3v) is 7.51. The molecule has 3 aromatic rings. The predicted molar refractivity (Wildman–Crippen MR) is 127 cm³/mol. The molecule has 2 heterocycles. The van der Waals surface area contributed by atoms with Crippen LogP contribution >= 0.6 is 22.9 Å². The number of amides is 4. The summed E-state index contributed by atoms with van der Waals surface area (Å²) in [6, 6.07) is 17.7. The Morgan fingerprint density at radius 3 is 2.58 bits per heavy atom. The van der Waals surface area contributed by atoms with Crippen LogP contribution in [0.1, 0.15) is 40.5 Å². The Hall–Kier alpha value is -3.16. The van der Waals surface area contributed by atoms with Gasteiger partial charge in [0.25, 0.3) is 5.91 Å². The monoisotopic (exact) mass is 479 g/mol. The summed E-state index contributed by atoms with van der Waals surface area (Å²) in [6.45, 7) is -0.344. The number of thiophene rings is 1. The van der Waals surface area contributed by atoms with Crippen molar-refractivity contribution in [3.63, 3.8) is 0 Å². The van der Waals surface area contributed by atoms with Crippen molar-refractivity contribution in [3.8, 4) is 0 Å². The molecule has 1 saturated heterocycles. The molecule has 1 aromatic heterocycles. The first-order chi connectivity index (χ1) is 16.0. The first-order valence-corrected chi connectivity index (χ1v) is 12.0. The second kappa shape index (κ2) is 8.65. The lowest BCUT2D eigenvalue weighted by atomic mass is 9.80. The van der Waals surface area contributed by atoms with Gasteiger partial charge in [-0.15, -0.1) is 11.3 Å². The van der Waals surface area contributed by atoms with Crippen molar-refractivity contribution >= 4 is 40.8 Å². The van der Waals surface area contributed by atoms with E-state index in [0.29, 0.717) is 11.4 Å². The maximum Gasteiger partial charge on any atom is 0.325 e. The molecule has 6 nitrogen and oxygen atoms in total. The summed E-state index contributed by atoms with van der Waals surface area (Å²) in [5.41, 5.74) is 1.54. The summed E-state index contributed by atoms with van der Waals surface area (Å²) in [7, 11) is 0. The molecule has 2 aliphatic rings. The van der Waals surface area contributed by atoms with Gasteiger partial charge in [0.1, 0.15) is 12.1 Å². The van der Waals surface area contributed by atoms with Crippen LogP contribution in [0.4, 0.5) is 4.79 Å². The van der Waals surface area contributed by atoms with E-state index in [4.69, 9.17) is 11.6 Å². The third kappa shape index (κ3) is 3.92. The largest absolute Gasteiger partial charge is 0.344 e. The zero-order chi connectivity index (χ0) is 23.0. The third-order valence-electron chi connectivity index (χ3n) is 6.28. The number of rotatable bonds is 5. The second-order valence-corrected chi connectivity index (χ2v) is 9.74. The number of benzene rings is 2. The van der Waals surface area contributed by atoms with E-state index in [9.17, 15) is 14.4 Å². The summed E-state index contributed by atoms with van der Waals surface area (Å²) in [5.74, 6) is -0.773. The molecule has 8 heteroatoms. The number of nitrogens with zero attached hydrogens (tertiary/aromatic N) is 1. The minimum Gasteiger partial charge on any atom is -0.344 e. The highest BCUT2D eigenvalue weighted by molar-refractivity contribution is 7.10. The molecule has 0 unspecified atom stereocenters. The molecule has 0 radical (unpaired) electrons. The van der Waals surface area contributed by atoms with E-state index in [1.807, 2.05) is 53.9 Å². The lowest BCUT2D eigenvalue weighted by Crippen LogP contribution is -2.47. The van der Waals surface area contributed by atoms with Gasteiger partial charge in [0, 0.05) is 15.5 Å². The van der Waals surface area contributed by atoms with Crippen LogP contribution in [0, 0.1) is 0 Å². The van der Waals surface area contributed by atoms with Gasteiger partial charge in [0.2, 0.25) is 5.91 Å². The molecule has 1 aliphatic heterocycles. The van der Waals surface area contributed by atoms with Crippen molar-refractivity contribution in [1.29, 1.82) is 0 Å². The van der Waals surface area contributed by atoms with Gasteiger partial charge in [-0.2, -0.15) is 0 Å². The van der Waals surface area contributed by atoms with E-state index < -0.39 is 23.5 Å². The molecule has 4 amide bonds. The van der Waals surface area contributed by atoms with Gasteiger partial charge < -0.3 is 10.6 Å². The normalized spacial score (nSPS) is 20.5. The molecule has 168 valence electrons. The molecule has 2 N–H and O–H groups in total. The van der Waals surface area contributed by atoms with Crippen molar-refractivity contribution in [3.05, 3.63) is 92.6 Å². The van der Waals surface area contributed by atoms with E-state index >= 15 is 0 Å². The van der Waals surface area contributed by atoms with Crippen LogP contribution in [0.25, 0.3) is 0 Å². The number of imide groups is 1. The van der Waals surface area contributed by atoms with Gasteiger partial charge in [-0.1, -0.05) is 54.1 Å². The molecule has 0 saturated carbocycles. The zero-order valence-electron chi connectivity index (χ0n) is 17.7. The van der Waals surface area contributed by atoms with Crippen LogP contribution in [-0.2, 0) is 21.5 Å². The van der Waals surface area contributed by atoms with E-state index in [0.717, 1.165) is 39.3 Å². The van der Waals surface area contributed by atoms with Gasteiger partial charge in [-0.25, -0.2) is 4.79 Å². The number of fused-ring (bicyclic) bond motifs is 2. The summed E-state index contributed by atoms with van der Waals surface area (Å²) in [5, 5.41) is 8.42. The van der Waals surface area contributed by atoms with Crippen molar-refractivity contribution in [2.24, 2.45) is 0 Å². The van der Waals surface area contributed by atoms with Crippen molar-refractivity contribution < 1.29 is 14.4 Å². The van der Waals surface area contributed by atoms with E-state index in [1.165, 1.54) is 0 Å². The highest BCUT2D eigenvalue weighted by Crippen LogP contribution is 2.42. The molecule has 1 spiro atoms. The number of carbonyl (C=O) groups is 3. The quantitative estimate of drug-likeness (QED) is 0.533. The van der Waals surface area contributed by atoms with Gasteiger partial charge >= 0.3 is 6.03 Å². The fourth-order valence-corrected chi connectivity index (χ4v) is 5.82. The summed E-state index contributed by atoms with van der Waals surface area (Å²) in [4.78, 5) is 41.4. The van der Waals surface area contributed by atoms with Crippen LogP contribution < -0.4 is 10.6 Å². The number of halogens is 1. The summed E-state index contributed by atoms with van der Waals surface area (Å²) < 4.78 is 0. The van der Waals surface area contributed by atoms with Crippen molar-refractivity contribution in [1.82, 2.24) is 15.5 Å². The first-order valence-electron chi connectivity index (χ1n) is 10.8. The smallest absolute Gasteiger partial charge is 0.325 e. The van der Waals surface area contributed by atoms with Crippen LogP contribution in [0.15, 0.2) is 66.0 Å². The maximum absolute atomic E-state index is 13.4. The maximum atomic E-state index is 13.4. The van der Waals surface area contributed by atoms with Gasteiger partial charge in [-0.05, 0) is 54.0 Å². The summed E-state index contributed by atoms with van der Waals surface area (Å²) in [6.07, 6.45) is 2.25. The summed E-state index contributed by atoms with van der Waals surface area (Å²) >= 11 is 7.64. The van der Waals surface area contributed by atoms with E-state index in [1.54, 1.807) is 23.5 Å². The molecule has 0 bridgehead atoms. The number of urea groups is 1. The number of nitrogens with one attached hydrogen (secondary N) is 2. The average Bonchev–Trinajstić information content (AvgIpc) is 3.39. The Morgan fingerprint density at radius 2 is 1.82 bits per heavy atom. The lowest BCUT2D eigenvalue weighted by Gasteiger charge is -2.31. The highest BCUT2D eigenvalue weighted by atomic mass is 35.5. The molecule has 2 aromatic carbocycles. The van der Waals surface area contributed by atoms with Crippen LogP contribution in [0.5, 0.6) is 0 Å². The Bertz CT molecular complexity index is 1210. The van der Waals surface area contributed by atoms with E-state index in [2.05, 4.69) is 10.6 Å². The topological polar surface area (TPSA) is 78.5 Å². The van der Waals surface area contributed by atoms with Crippen LogP contribution in [-0.4, -0.2) is 29.3 Å². The van der Waals surface area contributed by atoms with Gasteiger partial charge in [0.05, 0.1) is 6.04 Å². The fraction of sp³-hybridized carbons (Fsp3) is 0.240. The minimum absolute atomic E-state index is 0.344. The number of carbonyl (C=O) groups excluding carboxylic acids is 3. The molecular formula is C25H22ClN3O3S. The first kappa shape index (κ1) is 21.7. The predicted octanol–water partition coefficient (Wildman–Crippen LogP) is 4.39. The zero-order valence-corrected chi connectivity index (χ0v) is 19.3. The van der Waals surface area contributed by atoms with Crippen molar-refractivity contribution in [2.45, 2.75) is 30.8 Å². The number of hydrogen-bond acceptors (Lipinski definition) is 4. The van der Waals surface area contributed by atoms with Crippen LogP contribution in [0.3, 0.4) is 0 Å². The van der Waals surface area contributed by atoms with E-state index in [-0.39, 0.29) is 12.5 Å². The Labute approximate surface area is 200 Å². The lowest BCUT2D eigenvalue weighted by molar-refractivity contribution is -0.135. The molecule has 2 atom stereocenters.